The molecule has 0 saturated carbocycles. The van der Waals surface area contributed by atoms with Crippen LogP contribution >= 0.6 is 22.9 Å². The van der Waals surface area contributed by atoms with Crippen LogP contribution in [-0.4, -0.2) is 29.3 Å². The van der Waals surface area contributed by atoms with Crippen molar-refractivity contribution in [3.8, 4) is 22.1 Å². The molecule has 2 aromatic carbocycles. The summed E-state index contributed by atoms with van der Waals surface area (Å²) >= 11 is 7.23. The summed E-state index contributed by atoms with van der Waals surface area (Å²) in [5.74, 6) is -0.367. The normalized spacial score (nSPS) is 10.5. The lowest BCUT2D eigenvalue weighted by Crippen LogP contribution is -2.09. The molecule has 5 nitrogen and oxygen atoms in total. The topological polar surface area (TPSA) is 68.7 Å². The fraction of sp³-hybridized carbons (Fsp3) is 0.111. The zero-order valence-corrected chi connectivity index (χ0v) is 14.9. The maximum Gasteiger partial charge on any atom is 0.355 e. The minimum absolute atomic E-state index is 0.0319. The zero-order valence-electron chi connectivity index (χ0n) is 13.3. The second kappa shape index (κ2) is 8.16. The fourth-order valence-corrected chi connectivity index (χ4v) is 3.12. The number of thiazole rings is 1. The van der Waals surface area contributed by atoms with Crippen molar-refractivity contribution >= 4 is 28.9 Å². The maximum atomic E-state index is 12.9. The first-order valence-electron chi connectivity index (χ1n) is 7.53. The molecule has 1 aromatic heterocycles. The molecular formula is C18H13ClFNO4S. The number of nitrogens with zero attached hydrogens (tertiary/aromatic N) is 1. The number of hydrogen-bond acceptors (Lipinski definition) is 5. The van der Waals surface area contributed by atoms with Gasteiger partial charge >= 0.3 is 5.97 Å². The summed E-state index contributed by atoms with van der Waals surface area (Å²) in [6.07, 6.45) is 0. The summed E-state index contributed by atoms with van der Waals surface area (Å²) in [6.45, 7) is 0.495. The highest BCUT2D eigenvalue weighted by Crippen LogP contribution is 2.34. The Labute approximate surface area is 157 Å². The van der Waals surface area contributed by atoms with E-state index in [1.165, 1.54) is 41.0 Å². The number of halogens is 2. The third kappa shape index (κ3) is 4.50. The Kier molecular flexibility index (Phi) is 5.70. The number of carboxylic acid groups (broad SMARTS) is 1. The Bertz CT molecular complexity index is 914. The molecule has 134 valence electrons. The van der Waals surface area contributed by atoms with Crippen molar-refractivity contribution < 1.29 is 23.8 Å². The van der Waals surface area contributed by atoms with Gasteiger partial charge in [0.15, 0.2) is 5.69 Å². The van der Waals surface area contributed by atoms with Crippen LogP contribution in [0.2, 0.25) is 5.02 Å². The Morgan fingerprint density at radius 2 is 1.88 bits per heavy atom. The van der Waals surface area contributed by atoms with Crippen molar-refractivity contribution in [2.24, 2.45) is 0 Å². The maximum absolute atomic E-state index is 12.9. The molecule has 0 aliphatic heterocycles. The monoisotopic (exact) mass is 393 g/mol. The first kappa shape index (κ1) is 18.2. The lowest BCUT2D eigenvalue weighted by molar-refractivity contribution is 0.0691. The van der Waals surface area contributed by atoms with Crippen LogP contribution in [-0.2, 0) is 0 Å². The summed E-state index contributed by atoms with van der Waals surface area (Å²) in [4.78, 5) is 15.1. The van der Waals surface area contributed by atoms with E-state index in [2.05, 4.69) is 4.98 Å². The van der Waals surface area contributed by atoms with Crippen LogP contribution in [0, 0.1) is 5.82 Å². The third-order valence-electron chi connectivity index (χ3n) is 3.32. The van der Waals surface area contributed by atoms with Crippen LogP contribution in [0.3, 0.4) is 0 Å². The number of aromatic carboxylic acids is 1. The van der Waals surface area contributed by atoms with Crippen LogP contribution in [0.25, 0.3) is 10.6 Å². The lowest BCUT2D eigenvalue weighted by Gasteiger charge is -2.11. The Morgan fingerprint density at radius 3 is 2.58 bits per heavy atom. The summed E-state index contributed by atoms with van der Waals surface area (Å²) in [5.41, 5.74) is 0.576. The highest BCUT2D eigenvalue weighted by atomic mass is 35.5. The summed E-state index contributed by atoms with van der Waals surface area (Å²) in [6, 6.07) is 10.7. The smallest absolute Gasteiger partial charge is 0.355 e. The van der Waals surface area contributed by atoms with Crippen LogP contribution in [0.4, 0.5) is 4.39 Å². The van der Waals surface area contributed by atoms with E-state index < -0.39 is 5.97 Å². The molecule has 0 spiro atoms. The van der Waals surface area contributed by atoms with Gasteiger partial charge in [0.1, 0.15) is 35.5 Å². The number of aromatic nitrogens is 1. The molecule has 0 fully saturated rings. The SMILES string of the molecule is O=C(O)c1csc(-c2cc(Cl)ccc2OCCOc2ccc(F)cc2)n1. The van der Waals surface area contributed by atoms with Crippen LogP contribution in [0.5, 0.6) is 11.5 Å². The number of benzene rings is 2. The van der Waals surface area contributed by atoms with Crippen molar-refractivity contribution in [1.29, 1.82) is 0 Å². The average molecular weight is 394 g/mol. The van der Waals surface area contributed by atoms with Gasteiger partial charge in [-0.3, -0.25) is 0 Å². The van der Waals surface area contributed by atoms with Gasteiger partial charge in [-0.2, -0.15) is 0 Å². The molecule has 26 heavy (non-hydrogen) atoms. The van der Waals surface area contributed by atoms with E-state index in [4.69, 9.17) is 26.2 Å². The number of carboxylic acids is 1. The standard InChI is InChI=1S/C18H13ClFNO4S/c19-11-1-6-16(14(9-11)17-21-15(10-26-17)18(22)23)25-8-7-24-13-4-2-12(20)3-5-13/h1-6,9-10H,7-8H2,(H,22,23). The van der Waals surface area contributed by atoms with Gasteiger partial charge in [-0.25, -0.2) is 14.2 Å². The molecule has 0 saturated heterocycles. The lowest BCUT2D eigenvalue weighted by atomic mass is 10.2. The molecule has 8 heteroatoms. The molecule has 0 radical (unpaired) electrons. The number of rotatable bonds is 7. The quantitative estimate of drug-likeness (QED) is 0.586. The molecule has 0 bridgehead atoms. The molecule has 0 atom stereocenters. The fourth-order valence-electron chi connectivity index (χ4n) is 2.13. The van der Waals surface area contributed by atoms with E-state index in [0.29, 0.717) is 27.1 Å². The van der Waals surface area contributed by atoms with Crippen LogP contribution < -0.4 is 9.47 Å². The van der Waals surface area contributed by atoms with Crippen molar-refractivity contribution in [3.63, 3.8) is 0 Å². The Balaban J connectivity index is 1.67. The number of hydrogen-bond donors (Lipinski definition) is 1. The summed E-state index contributed by atoms with van der Waals surface area (Å²) in [7, 11) is 0. The molecule has 0 aliphatic rings. The molecule has 0 unspecified atom stereocenters. The van der Waals surface area contributed by atoms with Gasteiger partial charge in [0, 0.05) is 10.4 Å². The molecular weight excluding hydrogens is 381 g/mol. The van der Waals surface area contributed by atoms with Gasteiger partial charge < -0.3 is 14.6 Å². The molecule has 3 rings (SSSR count). The second-order valence-electron chi connectivity index (χ2n) is 5.13. The van der Waals surface area contributed by atoms with E-state index in [0.717, 1.165) is 0 Å². The highest BCUT2D eigenvalue weighted by Gasteiger charge is 2.14. The van der Waals surface area contributed by atoms with Crippen molar-refractivity contribution in [1.82, 2.24) is 4.98 Å². The molecule has 0 aliphatic carbocycles. The van der Waals surface area contributed by atoms with Gasteiger partial charge in [-0.05, 0) is 42.5 Å². The zero-order chi connectivity index (χ0) is 18.5. The van der Waals surface area contributed by atoms with E-state index in [9.17, 15) is 9.18 Å². The Hall–Kier alpha value is -2.64. The average Bonchev–Trinajstić information content (AvgIpc) is 3.11. The van der Waals surface area contributed by atoms with E-state index >= 15 is 0 Å². The summed E-state index contributed by atoms with van der Waals surface area (Å²) in [5, 5.41) is 11.5. The molecule has 3 aromatic rings. The first-order valence-corrected chi connectivity index (χ1v) is 8.78. The van der Waals surface area contributed by atoms with Gasteiger partial charge in [0.25, 0.3) is 0 Å². The summed E-state index contributed by atoms with van der Waals surface area (Å²) < 4.78 is 24.1. The van der Waals surface area contributed by atoms with E-state index in [1.807, 2.05) is 0 Å². The van der Waals surface area contributed by atoms with E-state index in [1.54, 1.807) is 18.2 Å². The van der Waals surface area contributed by atoms with E-state index in [-0.39, 0.29) is 24.7 Å². The third-order valence-corrected chi connectivity index (χ3v) is 4.43. The van der Waals surface area contributed by atoms with Gasteiger partial charge in [-0.1, -0.05) is 11.6 Å². The van der Waals surface area contributed by atoms with Gasteiger partial charge in [0.05, 0.1) is 5.56 Å². The number of carbonyl (C=O) groups is 1. The molecule has 1 N–H and O–H groups in total. The minimum atomic E-state index is -1.09. The first-order chi connectivity index (χ1) is 12.5. The second-order valence-corrected chi connectivity index (χ2v) is 6.43. The van der Waals surface area contributed by atoms with Gasteiger partial charge in [0.2, 0.25) is 0 Å². The predicted molar refractivity (Wildman–Crippen MR) is 96.9 cm³/mol. The minimum Gasteiger partial charge on any atom is -0.490 e. The molecule has 0 amide bonds. The van der Waals surface area contributed by atoms with Crippen LogP contribution in [0.1, 0.15) is 10.5 Å². The van der Waals surface area contributed by atoms with Crippen molar-refractivity contribution in [2.75, 3.05) is 13.2 Å². The van der Waals surface area contributed by atoms with Crippen molar-refractivity contribution in [3.05, 3.63) is 64.4 Å². The Morgan fingerprint density at radius 1 is 1.15 bits per heavy atom. The molecule has 1 heterocycles. The highest BCUT2D eigenvalue weighted by molar-refractivity contribution is 7.13. The van der Waals surface area contributed by atoms with Crippen LogP contribution in [0.15, 0.2) is 47.8 Å². The largest absolute Gasteiger partial charge is 0.490 e. The van der Waals surface area contributed by atoms with Gasteiger partial charge in [-0.15, -0.1) is 11.3 Å². The van der Waals surface area contributed by atoms with Crippen molar-refractivity contribution in [2.45, 2.75) is 0 Å². The number of ether oxygens (including phenoxy) is 2. The predicted octanol–water partition coefficient (Wildman–Crippen LogP) is 4.76.